The van der Waals surface area contributed by atoms with E-state index in [1.807, 2.05) is 30.3 Å². The molecule has 0 aliphatic carbocycles. The van der Waals surface area contributed by atoms with E-state index in [1.54, 1.807) is 0 Å². The highest BCUT2D eigenvalue weighted by atomic mass is 15.3. The first-order valence-corrected chi connectivity index (χ1v) is 9.56. The molecule has 5 heterocycles. The molecule has 4 aromatic rings. The van der Waals surface area contributed by atoms with Crippen molar-refractivity contribution in [3.8, 4) is 11.1 Å². The van der Waals surface area contributed by atoms with Gasteiger partial charge in [-0.15, -0.1) is 0 Å². The molecule has 6 nitrogen and oxygen atoms in total. The summed E-state index contributed by atoms with van der Waals surface area (Å²) in [5.41, 5.74) is 6.27. The van der Waals surface area contributed by atoms with Gasteiger partial charge in [0.25, 0.3) is 0 Å². The molecular formula is C21H22N6. The van der Waals surface area contributed by atoms with E-state index < -0.39 is 0 Å². The van der Waals surface area contributed by atoms with Crippen molar-refractivity contribution in [1.82, 2.24) is 25.1 Å². The maximum absolute atomic E-state index is 4.68. The van der Waals surface area contributed by atoms with E-state index in [-0.39, 0.29) is 0 Å². The van der Waals surface area contributed by atoms with Crippen LogP contribution in [-0.4, -0.2) is 45.9 Å². The molecule has 0 bridgehead atoms. The van der Waals surface area contributed by atoms with E-state index in [0.717, 1.165) is 42.7 Å². The third-order valence-corrected chi connectivity index (χ3v) is 6.32. The Kier molecular flexibility index (Phi) is 3.00. The molecule has 2 aliphatic rings. The third-order valence-electron chi connectivity index (χ3n) is 6.32. The number of anilines is 1. The number of nitrogens with one attached hydrogen (secondary N) is 2. The summed E-state index contributed by atoms with van der Waals surface area (Å²) in [6, 6.07) is 8.73. The molecule has 0 radical (unpaired) electrons. The van der Waals surface area contributed by atoms with Gasteiger partial charge in [0.2, 0.25) is 0 Å². The van der Waals surface area contributed by atoms with Gasteiger partial charge in [-0.25, -0.2) is 4.98 Å². The predicted octanol–water partition coefficient (Wildman–Crippen LogP) is 2.92. The Balaban J connectivity index is 1.49. The van der Waals surface area contributed by atoms with Crippen LogP contribution >= 0.6 is 0 Å². The summed E-state index contributed by atoms with van der Waals surface area (Å²) in [7, 11) is 1.98. The Morgan fingerprint density at radius 1 is 1.15 bits per heavy atom. The minimum absolute atomic E-state index is 0.455. The average Bonchev–Trinajstić information content (AvgIpc) is 3.39. The van der Waals surface area contributed by atoms with Gasteiger partial charge < -0.3 is 15.2 Å². The van der Waals surface area contributed by atoms with Crippen molar-refractivity contribution in [3.05, 3.63) is 42.9 Å². The van der Waals surface area contributed by atoms with Gasteiger partial charge in [0.05, 0.1) is 17.4 Å². The number of fused-ring (bicyclic) bond motifs is 2. The van der Waals surface area contributed by atoms with Crippen LogP contribution in [0.15, 0.2) is 42.9 Å². The second kappa shape index (κ2) is 5.33. The summed E-state index contributed by atoms with van der Waals surface area (Å²) in [5.74, 6) is 0. The fourth-order valence-corrected chi connectivity index (χ4v) is 4.86. The standard InChI is InChI=1S/C21H22N6/c1-26-18-3-2-14(8-15(18)9-25-26)17-10-24-20-16(4-6-23-20)19(17)27-12-21(13-27)5-7-22-11-21/h2-4,6,8-10,22H,5,7,11-13H2,1H3,(H,23,24). The van der Waals surface area contributed by atoms with Crippen molar-refractivity contribution in [2.24, 2.45) is 12.5 Å². The molecule has 2 N–H and O–H groups in total. The summed E-state index contributed by atoms with van der Waals surface area (Å²) in [4.78, 5) is 10.5. The predicted molar refractivity (Wildman–Crippen MR) is 108 cm³/mol. The summed E-state index contributed by atoms with van der Waals surface area (Å²) in [5, 5.41) is 10.3. The van der Waals surface area contributed by atoms with Crippen LogP contribution in [0.2, 0.25) is 0 Å². The number of pyridine rings is 1. The Morgan fingerprint density at radius 3 is 2.93 bits per heavy atom. The smallest absolute Gasteiger partial charge is 0.139 e. The van der Waals surface area contributed by atoms with Gasteiger partial charge >= 0.3 is 0 Å². The number of hydrogen-bond acceptors (Lipinski definition) is 4. The van der Waals surface area contributed by atoms with Crippen LogP contribution < -0.4 is 10.2 Å². The van der Waals surface area contributed by atoms with Crippen molar-refractivity contribution >= 4 is 27.6 Å². The van der Waals surface area contributed by atoms with E-state index in [4.69, 9.17) is 0 Å². The average molecular weight is 358 g/mol. The molecule has 0 atom stereocenters. The van der Waals surface area contributed by atoms with Gasteiger partial charge in [-0.3, -0.25) is 4.68 Å². The van der Waals surface area contributed by atoms with Crippen LogP contribution in [0.25, 0.3) is 33.1 Å². The Labute approximate surface area is 157 Å². The second-order valence-corrected chi connectivity index (χ2v) is 8.09. The first kappa shape index (κ1) is 15.2. The van der Waals surface area contributed by atoms with Crippen molar-refractivity contribution < 1.29 is 0 Å². The van der Waals surface area contributed by atoms with Crippen LogP contribution in [0.5, 0.6) is 0 Å². The largest absolute Gasteiger partial charge is 0.369 e. The summed E-state index contributed by atoms with van der Waals surface area (Å²) < 4.78 is 1.92. The van der Waals surface area contributed by atoms with Crippen LogP contribution in [0, 0.1) is 5.41 Å². The lowest BCUT2D eigenvalue weighted by Crippen LogP contribution is -2.57. The molecule has 2 saturated heterocycles. The molecule has 3 aromatic heterocycles. The second-order valence-electron chi connectivity index (χ2n) is 8.09. The lowest BCUT2D eigenvalue weighted by atomic mass is 9.78. The third kappa shape index (κ3) is 2.16. The number of hydrogen-bond donors (Lipinski definition) is 2. The van der Waals surface area contributed by atoms with Gasteiger partial charge in [-0.2, -0.15) is 5.10 Å². The van der Waals surface area contributed by atoms with Crippen molar-refractivity contribution in [2.45, 2.75) is 6.42 Å². The molecular weight excluding hydrogens is 336 g/mol. The van der Waals surface area contributed by atoms with Gasteiger partial charge in [-0.1, -0.05) is 6.07 Å². The van der Waals surface area contributed by atoms with Crippen LogP contribution in [0.1, 0.15) is 6.42 Å². The van der Waals surface area contributed by atoms with Crippen molar-refractivity contribution in [1.29, 1.82) is 0 Å². The summed E-state index contributed by atoms with van der Waals surface area (Å²) in [6.07, 6.45) is 7.22. The highest BCUT2D eigenvalue weighted by Crippen LogP contribution is 2.45. The minimum atomic E-state index is 0.455. The number of nitrogens with zero attached hydrogens (tertiary/aromatic N) is 4. The van der Waals surface area contributed by atoms with E-state index in [0.29, 0.717) is 5.41 Å². The maximum atomic E-state index is 4.68. The molecule has 2 aliphatic heterocycles. The van der Waals surface area contributed by atoms with Crippen LogP contribution in [-0.2, 0) is 7.05 Å². The highest BCUT2D eigenvalue weighted by Gasteiger charge is 2.45. The summed E-state index contributed by atoms with van der Waals surface area (Å²) >= 11 is 0. The first-order chi connectivity index (χ1) is 13.2. The lowest BCUT2D eigenvalue weighted by molar-refractivity contribution is 0.244. The fourth-order valence-electron chi connectivity index (χ4n) is 4.86. The fraction of sp³-hybridized carbons (Fsp3) is 0.333. The zero-order chi connectivity index (χ0) is 18.0. The Bertz CT molecular complexity index is 1160. The van der Waals surface area contributed by atoms with E-state index >= 15 is 0 Å². The van der Waals surface area contributed by atoms with Crippen molar-refractivity contribution in [2.75, 3.05) is 31.1 Å². The molecule has 0 amide bonds. The van der Waals surface area contributed by atoms with Gasteiger partial charge in [0.1, 0.15) is 5.65 Å². The molecule has 1 aromatic carbocycles. The Hall–Kier alpha value is -2.86. The summed E-state index contributed by atoms with van der Waals surface area (Å²) in [6.45, 7) is 4.52. The molecule has 27 heavy (non-hydrogen) atoms. The number of H-pyrrole nitrogens is 1. The molecule has 0 saturated carbocycles. The lowest BCUT2D eigenvalue weighted by Gasteiger charge is -2.50. The molecule has 2 fully saturated rings. The van der Waals surface area contributed by atoms with Crippen LogP contribution in [0.3, 0.4) is 0 Å². The van der Waals surface area contributed by atoms with Crippen LogP contribution in [0.4, 0.5) is 5.69 Å². The van der Waals surface area contributed by atoms with Crippen molar-refractivity contribution in [3.63, 3.8) is 0 Å². The SMILES string of the molecule is Cn1ncc2cc(-c3cnc4[nH]ccc4c3N3CC4(CCNC4)C3)ccc21. The van der Waals surface area contributed by atoms with Gasteiger partial charge in [0, 0.05) is 60.8 Å². The monoisotopic (exact) mass is 358 g/mol. The normalized spacial score (nSPS) is 18.6. The Morgan fingerprint density at radius 2 is 2.07 bits per heavy atom. The molecule has 136 valence electrons. The molecule has 6 heteroatoms. The van der Waals surface area contributed by atoms with Gasteiger partial charge in [-0.05, 0) is 36.7 Å². The quantitative estimate of drug-likeness (QED) is 0.578. The number of aromatic nitrogens is 4. The minimum Gasteiger partial charge on any atom is -0.369 e. The zero-order valence-electron chi connectivity index (χ0n) is 15.4. The van der Waals surface area contributed by atoms with Gasteiger partial charge in [0.15, 0.2) is 0 Å². The van der Waals surface area contributed by atoms with E-state index in [1.165, 1.54) is 28.6 Å². The number of aryl methyl sites for hydroxylation is 1. The molecule has 6 rings (SSSR count). The molecule has 0 unspecified atom stereocenters. The first-order valence-electron chi connectivity index (χ1n) is 9.56. The molecule has 1 spiro atoms. The maximum Gasteiger partial charge on any atom is 0.139 e. The highest BCUT2D eigenvalue weighted by molar-refractivity contribution is 6.00. The number of aromatic amines is 1. The van der Waals surface area contributed by atoms with E-state index in [9.17, 15) is 0 Å². The van der Waals surface area contributed by atoms with E-state index in [2.05, 4.69) is 49.5 Å². The number of benzene rings is 1. The zero-order valence-corrected chi connectivity index (χ0v) is 15.4. The topological polar surface area (TPSA) is 61.8 Å². The number of rotatable bonds is 2.